The van der Waals surface area contributed by atoms with E-state index < -0.39 is 0 Å². The molecule has 0 heterocycles. The van der Waals surface area contributed by atoms with E-state index in [-0.39, 0.29) is 18.6 Å². The minimum Gasteiger partial charge on any atom is -0.396 e. The molecule has 3 atom stereocenters. The van der Waals surface area contributed by atoms with Gasteiger partial charge in [-0.05, 0) is 31.1 Å². The van der Waals surface area contributed by atoms with E-state index in [0.717, 1.165) is 32.1 Å². The maximum atomic E-state index is 11.6. The Balaban J connectivity index is 2.25. The monoisotopic (exact) mass is 228 g/mol. The van der Waals surface area contributed by atoms with Crippen LogP contribution in [-0.2, 0) is 4.79 Å². The Morgan fingerprint density at radius 1 is 1.50 bits per heavy atom. The number of aliphatic hydroxyl groups excluding tert-OH is 1. The van der Waals surface area contributed by atoms with Crippen molar-refractivity contribution in [3.63, 3.8) is 0 Å². The van der Waals surface area contributed by atoms with Crippen molar-refractivity contribution in [1.29, 1.82) is 0 Å². The van der Waals surface area contributed by atoms with Gasteiger partial charge >= 0.3 is 0 Å². The van der Waals surface area contributed by atoms with Crippen molar-refractivity contribution in [3.8, 4) is 0 Å². The topological polar surface area (TPSA) is 75.4 Å². The summed E-state index contributed by atoms with van der Waals surface area (Å²) in [6.45, 7) is 2.93. The number of carbonyl (C=O) groups excluding carboxylic acids is 1. The Bertz CT molecular complexity index is 221. The van der Waals surface area contributed by atoms with Crippen molar-refractivity contribution in [2.75, 3.05) is 13.2 Å². The minimum absolute atomic E-state index is 0.0505. The Hall–Kier alpha value is -0.610. The Kier molecular flexibility index (Phi) is 5.77. The molecular formula is C12H24N2O2. The summed E-state index contributed by atoms with van der Waals surface area (Å²) >= 11 is 0. The lowest BCUT2D eigenvalue weighted by atomic mass is 9.97. The van der Waals surface area contributed by atoms with Gasteiger partial charge in [-0.3, -0.25) is 4.79 Å². The number of aliphatic hydroxyl groups is 1. The van der Waals surface area contributed by atoms with Crippen molar-refractivity contribution in [1.82, 2.24) is 5.32 Å². The second-order valence-corrected chi connectivity index (χ2v) is 4.77. The number of amides is 1. The molecule has 4 N–H and O–H groups in total. The Labute approximate surface area is 97.6 Å². The summed E-state index contributed by atoms with van der Waals surface area (Å²) in [6, 6.07) is -0.376. The highest BCUT2D eigenvalue weighted by molar-refractivity contribution is 5.81. The molecule has 0 radical (unpaired) electrons. The molecule has 1 saturated carbocycles. The Morgan fingerprint density at radius 2 is 2.19 bits per heavy atom. The van der Waals surface area contributed by atoms with Crippen LogP contribution in [0.3, 0.4) is 0 Å². The van der Waals surface area contributed by atoms with Crippen LogP contribution in [0.2, 0.25) is 0 Å². The molecule has 0 spiro atoms. The molecule has 3 unspecified atom stereocenters. The van der Waals surface area contributed by atoms with E-state index in [9.17, 15) is 4.79 Å². The van der Waals surface area contributed by atoms with Crippen LogP contribution in [0.1, 0.15) is 39.0 Å². The SMILES string of the molecule is CCCC(N)C(=O)NCC1CCCC1CO. The maximum absolute atomic E-state index is 11.6. The van der Waals surface area contributed by atoms with Crippen molar-refractivity contribution in [3.05, 3.63) is 0 Å². The summed E-state index contributed by atoms with van der Waals surface area (Å²) in [6.07, 6.45) is 5.01. The Morgan fingerprint density at radius 3 is 2.81 bits per heavy atom. The van der Waals surface area contributed by atoms with Gasteiger partial charge < -0.3 is 16.2 Å². The first-order chi connectivity index (χ1) is 7.69. The van der Waals surface area contributed by atoms with Gasteiger partial charge in [0.05, 0.1) is 6.04 Å². The number of hydrogen-bond acceptors (Lipinski definition) is 3. The molecule has 0 aromatic rings. The molecule has 0 aromatic heterocycles. The minimum atomic E-state index is -0.376. The summed E-state index contributed by atoms with van der Waals surface area (Å²) in [5, 5.41) is 12.1. The van der Waals surface area contributed by atoms with Gasteiger partial charge in [-0.2, -0.15) is 0 Å². The van der Waals surface area contributed by atoms with Gasteiger partial charge in [0, 0.05) is 13.2 Å². The highest BCUT2D eigenvalue weighted by Crippen LogP contribution is 2.30. The van der Waals surface area contributed by atoms with Crippen LogP contribution in [0.15, 0.2) is 0 Å². The standard InChI is InChI=1S/C12H24N2O2/c1-2-4-11(13)12(16)14-7-9-5-3-6-10(9)8-15/h9-11,15H,2-8,13H2,1H3,(H,14,16). The molecule has 1 fully saturated rings. The molecule has 16 heavy (non-hydrogen) atoms. The molecule has 0 saturated heterocycles. The third-order valence-electron chi connectivity index (χ3n) is 3.53. The fraction of sp³-hybridized carbons (Fsp3) is 0.917. The van der Waals surface area contributed by atoms with E-state index >= 15 is 0 Å². The van der Waals surface area contributed by atoms with Crippen LogP contribution in [-0.4, -0.2) is 30.2 Å². The van der Waals surface area contributed by atoms with E-state index in [1.54, 1.807) is 0 Å². The van der Waals surface area contributed by atoms with Gasteiger partial charge in [0.25, 0.3) is 0 Å². The molecule has 94 valence electrons. The van der Waals surface area contributed by atoms with Crippen molar-refractivity contribution < 1.29 is 9.90 Å². The fourth-order valence-electron chi connectivity index (χ4n) is 2.43. The number of rotatable bonds is 6. The predicted molar refractivity (Wildman–Crippen MR) is 63.8 cm³/mol. The summed E-state index contributed by atoms with van der Waals surface area (Å²) in [5.74, 6) is 0.746. The average molecular weight is 228 g/mol. The van der Waals surface area contributed by atoms with Crippen LogP contribution < -0.4 is 11.1 Å². The van der Waals surface area contributed by atoms with E-state index in [4.69, 9.17) is 10.8 Å². The lowest BCUT2D eigenvalue weighted by molar-refractivity contribution is -0.122. The van der Waals surface area contributed by atoms with E-state index in [2.05, 4.69) is 5.32 Å². The molecule has 0 bridgehead atoms. The van der Waals surface area contributed by atoms with Crippen LogP contribution >= 0.6 is 0 Å². The zero-order valence-electron chi connectivity index (χ0n) is 10.1. The molecule has 0 aliphatic heterocycles. The fourth-order valence-corrected chi connectivity index (χ4v) is 2.43. The zero-order chi connectivity index (χ0) is 12.0. The highest BCUT2D eigenvalue weighted by Gasteiger charge is 2.27. The number of carbonyl (C=O) groups is 1. The first-order valence-electron chi connectivity index (χ1n) is 6.33. The molecule has 4 heteroatoms. The third-order valence-corrected chi connectivity index (χ3v) is 3.53. The number of hydrogen-bond donors (Lipinski definition) is 3. The zero-order valence-corrected chi connectivity index (χ0v) is 10.1. The summed E-state index contributed by atoms with van der Waals surface area (Å²) in [7, 11) is 0. The van der Waals surface area contributed by atoms with Crippen molar-refractivity contribution >= 4 is 5.91 Å². The molecule has 1 rings (SSSR count). The first kappa shape index (κ1) is 13.5. The van der Waals surface area contributed by atoms with Crippen LogP contribution in [0, 0.1) is 11.8 Å². The molecule has 1 aliphatic rings. The molecule has 1 aliphatic carbocycles. The summed E-state index contributed by atoms with van der Waals surface area (Å²) in [5.41, 5.74) is 5.72. The maximum Gasteiger partial charge on any atom is 0.236 e. The van der Waals surface area contributed by atoms with Crippen molar-refractivity contribution in [2.24, 2.45) is 17.6 Å². The van der Waals surface area contributed by atoms with Crippen LogP contribution in [0.5, 0.6) is 0 Å². The largest absolute Gasteiger partial charge is 0.396 e. The molecule has 4 nitrogen and oxygen atoms in total. The van der Waals surface area contributed by atoms with E-state index in [0.29, 0.717) is 18.4 Å². The molecular weight excluding hydrogens is 204 g/mol. The van der Waals surface area contributed by atoms with Gasteiger partial charge in [0.15, 0.2) is 0 Å². The smallest absolute Gasteiger partial charge is 0.236 e. The van der Waals surface area contributed by atoms with Gasteiger partial charge in [0.2, 0.25) is 5.91 Å². The van der Waals surface area contributed by atoms with Gasteiger partial charge in [0.1, 0.15) is 0 Å². The molecule has 0 aromatic carbocycles. The summed E-state index contributed by atoms with van der Waals surface area (Å²) in [4.78, 5) is 11.6. The number of nitrogens with two attached hydrogens (primary N) is 1. The normalized spacial score (nSPS) is 26.7. The second kappa shape index (κ2) is 6.86. The lowest BCUT2D eigenvalue weighted by Crippen LogP contribution is -2.42. The third kappa shape index (κ3) is 3.76. The highest BCUT2D eigenvalue weighted by atomic mass is 16.3. The van der Waals surface area contributed by atoms with E-state index in [1.165, 1.54) is 0 Å². The predicted octanol–water partition coefficient (Wildman–Crippen LogP) is 0.639. The lowest BCUT2D eigenvalue weighted by Gasteiger charge is -2.19. The van der Waals surface area contributed by atoms with Crippen LogP contribution in [0.4, 0.5) is 0 Å². The summed E-state index contributed by atoms with van der Waals surface area (Å²) < 4.78 is 0. The van der Waals surface area contributed by atoms with E-state index in [1.807, 2.05) is 6.92 Å². The van der Waals surface area contributed by atoms with Crippen LogP contribution in [0.25, 0.3) is 0 Å². The first-order valence-corrected chi connectivity index (χ1v) is 6.33. The second-order valence-electron chi connectivity index (χ2n) is 4.77. The van der Waals surface area contributed by atoms with Crippen molar-refractivity contribution in [2.45, 2.75) is 45.1 Å². The quantitative estimate of drug-likeness (QED) is 0.624. The van der Waals surface area contributed by atoms with Gasteiger partial charge in [-0.25, -0.2) is 0 Å². The average Bonchev–Trinajstić information content (AvgIpc) is 2.73. The number of nitrogens with one attached hydrogen (secondary N) is 1. The van der Waals surface area contributed by atoms with Gasteiger partial charge in [-0.15, -0.1) is 0 Å². The molecule has 1 amide bonds. The van der Waals surface area contributed by atoms with Gasteiger partial charge in [-0.1, -0.05) is 19.8 Å².